The summed E-state index contributed by atoms with van der Waals surface area (Å²) in [7, 11) is 0. The van der Waals surface area contributed by atoms with Gasteiger partial charge >= 0.3 is 0 Å². The fourth-order valence-electron chi connectivity index (χ4n) is 2.76. The smallest absolute Gasteiger partial charge is 0.226 e. The van der Waals surface area contributed by atoms with Gasteiger partial charge in [0.25, 0.3) is 0 Å². The number of amides is 1. The monoisotopic (exact) mass is 353 g/mol. The van der Waals surface area contributed by atoms with Gasteiger partial charge in [0.05, 0.1) is 5.92 Å². The summed E-state index contributed by atoms with van der Waals surface area (Å²) < 4.78 is 15.1. The van der Waals surface area contributed by atoms with Crippen LogP contribution in [0, 0.1) is 11.7 Å². The maximum atomic E-state index is 13.6. The number of carbonyl (C=O) groups excluding carboxylic acids is 1. The zero-order valence-corrected chi connectivity index (χ0v) is 13.8. The summed E-state index contributed by atoms with van der Waals surface area (Å²) in [6.07, 6.45) is 4.44. The number of hydrogen-bond acceptors (Lipinski definition) is 6. The minimum absolute atomic E-state index is 0.0879. The predicted molar refractivity (Wildman–Crippen MR) is 90.9 cm³/mol. The molecule has 26 heavy (non-hydrogen) atoms. The molecule has 0 atom stereocenters. The Balaban J connectivity index is 1.33. The fourth-order valence-corrected chi connectivity index (χ4v) is 2.76. The minimum atomic E-state index is -0.315. The Bertz CT molecular complexity index is 909. The van der Waals surface area contributed by atoms with Crippen molar-refractivity contribution >= 4 is 11.7 Å². The molecule has 1 saturated heterocycles. The second-order valence-electron chi connectivity index (χ2n) is 5.99. The van der Waals surface area contributed by atoms with E-state index in [1.807, 2.05) is 4.90 Å². The number of aromatic nitrogens is 5. The van der Waals surface area contributed by atoms with E-state index in [1.165, 1.54) is 18.7 Å². The van der Waals surface area contributed by atoms with Gasteiger partial charge in [-0.1, -0.05) is 18.2 Å². The van der Waals surface area contributed by atoms with Crippen molar-refractivity contribution in [3.05, 3.63) is 60.7 Å². The molecule has 0 bridgehead atoms. The van der Waals surface area contributed by atoms with Gasteiger partial charge in [-0.15, -0.1) is 0 Å². The third kappa shape index (κ3) is 3.23. The quantitative estimate of drug-likeness (QED) is 0.735. The molecule has 3 heterocycles. The number of benzene rings is 1. The first kappa shape index (κ1) is 16.1. The molecule has 0 aliphatic carbocycles. The topological polar surface area (TPSA) is 88.8 Å². The molecule has 0 unspecified atom stereocenters. The first-order valence-corrected chi connectivity index (χ1v) is 8.14. The Morgan fingerprint density at radius 3 is 2.77 bits per heavy atom. The highest BCUT2D eigenvalue weighted by molar-refractivity contribution is 5.81. The number of anilines is 1. The lowest BCUT2D eigenvalue weighted by atomic mass is 9.99. The summed E-state index contributed by atoms with van der Waals surface area (Å²) in [5.41, 5.74) is 0.477. The van der Waals surface area contributed by atoms with E-state index in [0.29, 0.717) is 24.5 Å². The van der Waals surface area contributed by atoms with Crippen molar-refractivity contribution in [3.8, 4) is 5.82 Å². The molecule has 132 valence electrons. The number of rotatable bonds is 5. The molecule has 9 heteroatoms. The van der Waals surface area contributed by atoms with Gasteiger partial charge in [-0.05, 0) is 6.07 Å². The molecule has 4 rings (SSSR count). The average Bonchev–Trinajstić information content (AvgIpc) is 3.15. The number of nitrogens with zero attached hydrogens (tertiary/aromatic N) is 6. The predicted octanol–water partition coefficient (Wildman–Crippen LogP) is 0.949. The summed E-state index contributed by atoms with van der Waals surface area (Å²) >= 11 is 0. The summed E-state index contributed by atoms with van der Waals surface area (Å²) in [6, 6.07) is 8.21. The van der Waals surface area contributed by atoms with Gasteiger partial charge in [0.15, 0.2) is 5.82 Å². The average molecular weight is 353 g/mol. The van der Waals surface area contributed by atoms with Crippen LogP contribution in [0.1, 0.15) is 5.56 Å². The van der Waals surface area contributed by atoms with Crippen LogP contribution in [0.25, 0.3) is 5.82 Å². The van der Waals surface area contributed by atoms with E-state index in [0.717, 1.165) is 5.82 Å². The van der Waals surface area contributed by atoms with Crippen molar-refractivity contribution in [1.82, 2.24) is 30.0 Å². The number of carbonyl (C=O) groups is 1. The van der Waals surface area contributed by atoms with Crippen LogP contribution < -0.4 is 10.2 Å². The SMILES string of the molecule is O=C(NCc1ccccc1F)C1CN(c2cc(-n3cncn3)ncn2)C1. The third-order valence-electron chi connectivity index (χ3n) is 4.28. The largest absolute Gasteiger partial charge is 0.355 e. The first-order chi connectivity index (χ1) is 12.7. The van der Waals surface area contributed by atoms with E-state index in [1.54, 1.807) is 35.3 Å². The lowest BCUT2D eigenvalue weighted by Gasteiger charge is -2.39. The van der Waals surface area contributed by atoms with Gasteiger partial charge in [0.1, 0.15) is 30.6 Å². The molecule has 1 N–H and O–H groups in total. The Morgan fingerprint density at radius 2 is 2.00 bits per heavy atom. The van der Waals surface area contributed by atoms with Gasteiger partial charge < -0.3 is 10.2 Å². The highest BCUT2D eigenvalue weighted by Crippen LogP contribution is 2.23. The number of hydrogen-bond donors (Lipinski definition) is 1. The lowest BCUT2D eigenvalue weighted by Crippen LogP contribution is -2.54. The lowest BCUT2D eigenvalue weighted by molar-refractivity contribution is -0.125. The molecular formula is C17H16FN7O. The van der Waals surface area contributed by atoms with E-state index in [2.05, 4.69) is 25.4 Å². The van der Waals surface area contributed by atoms with Crippen LogP contribution in [0.4, 0.5) is 10.2 Å². The molecule has 0 saturated carbocycles. The van der Waals surface area contributed by atoms with Crippen LogP contribution in [0.5, 0.6) is 0 Å². The van der Waals surface area contributed by atoms with Crippen molar-refractivity contribution in [2.75, 3.05) is 18.0 Å². The molecule has 1 aromatic carbocycles. The van der Waals surface area contributed by atoms with Crippen LogP contribution in [0.15, 0.2) is 49.3 Å². The second kappa shape index (κ2) is 6.87. The van der Waals surface area contributed by atoms with E-state index >= 15 is 0 Å². The summed E-state index contributed by atoms with van der Waals surface area (Å²) in [6.45, 7) is 1.29. The van der Waals surface area contributed by atoms with Crippen molar-refractivity contribution in [2.24, 2.45) is 5.92 Å². The molecule has 1 aliphatic heterocycles. The Kier molecular flexibility index (Phi) is 4.26. The second-order valence-corrected chi connectivity index (χ2v) is 5.99. The maximum absolute atomic E-state index is 13.6. The Morgan fingerprint density at radius 1 is 1.19 bits per heavy atom. The Labute approximate surface area is 148 Å². The zero-order valence-electron chi connectivity index (χ0n) is 13.8. The maximum Gasteiger partial charge on any atom is 0.226 e. The van der Waals surface area contributed by atoms with Crippen LogP contribution >= 0.6 is 0 Å². The van der Waals surface area contributed by atoms with Crippen LogP contribution in [0.2, 0.25) is 0 Å². The van der Waals surface area contributed by atoms with Gasteiger partial charge in [0, 0.05) is 31.3 Å². The van der Waals surface area contributed by atoms with Crippen molar-refractivity contribution < 1.29 is 9.18 Å². The standard InChI is InChI=1S/C17H16FN7O/c18-14-4-2-1-3-12(14)6-20-17(26)13-7-24(8-13)15-5-16(22-10-21-15)25-11-19-9-23-25/h1-5,9-11,13H,6-8H2,(H,20,26). The van der Waals surface area contributed by atoms with Crippen LogP contribution in [-0.4, -0.2) is 43.7 Å². The van der Waals surface area contributed by atoms with E-state index in [-0.39, 0.29) is 24.2 Å². The number of halogens is 1. The third-order valence-corrected chi connectivity index (χ3v) is 4.28. The molecule has 3 aromatic rings. The van der Waals surface area contributed by atoms with Crippen molar-refractivity contribution in [3.63, 3.8) is 0 Å². The summed E-state index contributed by atoms with van der Waals surface area (Å²) in [5, 5.41) is 6.82. The highest BCUT2D eigenvalue weighted by Gasteiger charge is 2.33. The van der Waals surface area contributed by atoms with E-state index < -0.39 is 0 Å². The molecule has 2 aromatic heterocycles. The van der Waals surface area contributed by atoms with Crippen LogP contribution in [-0.2, 0) is 11.3 Å². The fraction of sp³-hybridized carbons (Fsp3) is 0.235. The van der Waals surface area contributed by atoms with Crippen molar-refractivity contribution in [2.45, 2.75) is 6.54 Å². The van der Waals surface area contributed by atoms with Gasteiger partial charge in [-0.2, -0.15) is 5.10 Å². The molecule has 1 amide bonds. The molecule has 0 radical (unpaired) electrons. The zero-order chi connectivity index (χ0) is 17.9. The molecule has 8 nitrogen and oxygen atoms in total. The van der Waals surface area contributed by atoms with Gasteiger partial charge in [0.2, 0.25) is 5.91 Å². The first-order valence-electron chi connectivity index (χ1n) is 8.14. The number of nitrogens with one attached hydrogen (secondary N) is 1. The minimum Gasteiger partial charge on any atom is -0.355 e. The molecule has 0 spiro atoms. The van der Waals surface area contributed by atoms with Crippen molar-refractivity contribution in [1.29, 1.82) is 0 Å². The summed E-state index contributed by atoms with van der Waals surface area (Å²) in [4.78, 5) is 26.5. The Hall–Kier alpha value is -3.36. The normalized spacial score (nSPS) is 14.1. The summed E-state index contributed by atoms with van der Waals surface area (Å²) in [5.74, 6) is 0.787. The van der Waals surface area contributed by atoms with E-state index in [4.69, 9.17) is 0 Å². The van der Waals surface area contributed by atoms with Gasteiger partial charge in [-0.25, -0.2) is 24.0 Å². The highest BCUT2D eigenvalue weighted by atomic mass is 19.1. The van der Waals surface area contributed by atoms with Gasteiger partial charge in [-0.3, -0.25) is 4.79 Å². The molecule has 1 aliphatic rings. The van der Waals surface area contributed by atoms with E-state index in [9.17, 15) is 9.18 Å². The molecular weight excluding hydrogens is 337 g/mol. The molecule has 1 fully saturated rings. The van der Waals surface area contributed by atoms with Crippen LogP contribution in [0.3, 0.4) is 0 Å².